The zero-order valence-corrected chi connectivity index (χ0v) is 16.9. The average Bonchev–Trinajstić information content (AvgIpc) is 2.51. The van der Waals surface area contributed by atoms with Gasteiger partial charge in [-0.25, -0.2) is 4.39 Å². The monoisotopic (exact) mass is 458 g/mol. The van der Waals surface area contributed by atoms with Gasteiger partial charge < -0.3 is 5.32 Å². The van der Waals surface area contributed by atoms with Gasteiger partial charge in [0.25, 0.3) is 0 Å². The molecule has 0 unspecified atom stereocenters. The normalized spacial score (nSPS) is 17.1. The molecule has 0 radical (unpaired) electrons. The highest BCUT2D eigenvalue weighted by molar-refractivity contribution is 5.85. The first-order valence-corrected chi connectivity index (χ1v) is 8.34. The molecule has 164 valence electrons. The van der Waals surface area contributed by atoms with Crippen LogP contribution in [0.25, 0.3) is 0 Å². The molecule has 1 saturated heterocycles. The predicted octanol–water partition coefficient (Wildman–Crippen LogP) is 5.70. The summed E-state index contributed by atoms with van der Waals surface area (Å²) < 4.78 is 93.7. The molecule has 1 aliphatic heterocycles. The molecule has 1 aromatic carbocycles. The van der Waals surface area contributed by atoms with E-state index in [2.05, 4.69) is 5.32 Å². The van der Waals surface area contributed by atoms with Crippen LogP contribution in [0.5, 0.6) is 0 Å². The molecule has 11 heteroatoms. The summed E-state index contributed by atoms with van der Waals surface area (Å²) in [6.45, 7) is 5.41. The van der Waals surface area contributed by atoms with Crippen LogP contribution in [0.15, 0.2) is 12.1 Å². The van der Waals surface area contributed by atoms with Crippen LogP contribution in [0, 0.1) is 11.7 Å². The maximum absolute atomic E-state index is 14.6. The summed E-state index contributed by atoms with van der Waals surface area (Å²) in [4.78, 5) is 1.71. The average molecular weight is 459 g/mol. The molecule has 0 spiro atoms. The number of hydrogen-bond donors (Lipinski definition) is 1. The van der Waals surface area contributed by atoms with Crippen molar-refractivity contribution in [3.63, 3.8) is 0 Å². The molecule has 1 aromatic rings. The summed E-state index contributed by atoms with van der Waals surface area (Å²) in [6.07, 6.45) is -9.92. The van der Waals surface area contributed by atoms with Gasteiger partial charge >= 0.3 is 12.4 Å². The highest BCUT2D eigenvalue weighted by Crippen LogP contribution is 2.43. The van der Waals surface area contributed by atoms with Crippen molar-refractivity contribution in [1.29, 1.82) is 0 Å². The van der Waals surface area contributed by atoms with Crippen LogP contribution in [0.4, 0.5) is 30.7 Å². The molecule has 28 heavy (non-hydrogen) atoms. The number of rotatable bonds is 4. The molecule has 1 aliphatic rings. The summed E-state index contributed by atoms with van der Waals surface area (Å²) in [5.74, 6) is -1.52. The highest BCUT2D eigenvalue weighted by Gasteiger charge is 2.42. The molecule has 1 heterocycles. The maximum atomic E-state index is 14.6. The topological polar surface area (TPSA) is 15.3 Å². The van der Waals surface area contributed by atoms with Gasteiger partial charge in [0.15, 0.2) is 0 Å². The molecule has 2 nitrogen and oxygen atoms in total. The van der Waals surface area contributed by atoms with Gasteiger partial charge in [-0.2, -0.15) is 26.3 Å². The van der Waals surface area contributed by atoms with E-state index in [0.29, 0.717) is 26.2 Å². The fraction of sp³-hybridized carbons (Fsp3) is 0.647. The van der Waals surface area contributed by atoms with E-state index in [4.69, 9.17) is 0 Å². The quantitative estimate of drug-likeness (QED) is 0.582. The number of nitrogens with one attached hydrogen (secondary N) is 1. The van der Waals surface area contributed by atoms with Crippen molar-refractivity contribution in [1.82, 2.24) is 10.2 Å². The zero-order valence-electron chi connectivity index (χ0n) is 15.3. The lowest BCUT2D eigenvalue weighted by Gasteiger charge is -2.37. The molecule has 0 saturated carbocycles. The standard InChI is InChI=1S/C17H21F7N2.2ClH/c1-10(2)7-14(26-5-3-25-4-6-26)15-12(17(22,23)24)8-11(9-13(15)18)16(19,20)21;;/h8-10,14,25H,3-7H2,1-2H3;2*1H/t14-;;/m0../s1. The van der Waals surface area contributed by atoms with Gasteiger partial charge in [0.2, 0.25) is 0 Å². The molecule has 1 N–H and O–H groups in total. The van der Waals surface area contributed by atoms with E-state index in [1.807, 2.05) is 0 Å². The third-order valence-electron chi connectivity index (χ3n) is 4.38. The molecule has 1 atom stereocenters. The first-order chi connectivity index (χ1) is 11.9. The van der Waals surface area contributed by atoms with E-state index in [1.165, 1.54) is 0 Å². The van der Waals surface area contributed by atoms with Crippen LogP contribution in [-0.2, 0) is 12.4 Å². The first-order valence-electron chi connectivity index (χ1n) is 8.34. The van der Waals surface area contributed by atoms with E-state index in [9.17, 15) is 30.7 Å². The summed E-state index contributed by atoms with van der Waals surface area (Å²) >= 11 is 0. The molecule has 0 aliphatic carbocycles. The van der Waals surface area contributed by atoms with Crippen LogP contribution >= 0.6 is 24.8 Å². The predicted molar refractivity (Wildman–Crippen MR) is 97.5 cm³/mol. The summed E-state index contributed by atoms with van der Waals surface area (Å²) in [5.41, 5.74) is -3.87. The Balaban J connectivity index is 0.00000364. The second-order valence-electron chi connectivity index (χ2n) is 6.85. The van der Waals surface area contributed by atoms with Crippen LogP contribution < -0.4 is 5.32 Å². The van der Waals surface area contributed by atoms with Crippen molar-refractivity contribution in [3.05, 3.63) is 34.6 Å². The SMILES string of the molecule is CC(C)C[C@@H](c1c(F)cc(C(F)(F)F)cc1C(F)(F)F)N1CCNCC1.Cl.Cl. The van der Waals surface area contributed by atoms with Gasteiger partial charge in [-0.05, 0) is 24.5 Å². The van der Waals surface area contributed by atoms with Crippen molar-refractivity contribution < 1.29 is 30.7 Å². The Morgan fingerprint density at radius 2 is 1.50 bits per heavy atom. The Hall–Kier alpha value is -0.770. The number of piperazine rings is 1. The first kappa shape index (κ1) is 27.2. The molecule has 0 amide bonds. The highest BCUT2D eigenvalue weighted by atomic mass is 35.5. The Kier molecular flexibility index (Phi) is 10.0. The molecule has 1 fully saturated rings. The second-order valence-corrected chi connectivity index (χ2v) is 6.85. The lowest BCUT2D eigenvalue weighted by atomic mass is 9.89. The van der Waals surface area contributed by atoms with Crippen LogP contribution in [0.1, 0.15) is 43.0 Å². The van der Waals surface area contributed by atoms with Gasteiger partial charge in [0, 0.05) is 37.8 Å². The zero-order chi connectivity index (χ0) is 19.7. The van der Waals surface area contributed by atoms with Gasteiger partial charge in [0.05, 0.1) is 11.1 Å². The van der Waals surface area contributed by atoms with Crippen molar-refractivity contribution >= 4 is 24.8 Å². The largest absolute Gasteiger partial charge is 0.416 e. The van der Waals surface area contributed by atoms with Crippen molar-refractivity contribution in [2.45, 2.75) is 38.7 Å². The molecule has 0 aromatic heterocycles. The van der Waals surface area contributed by atoms with Gasteiger partial charge in [-0.15, -0.1) is 24.8 Å². The third-order valence-corrected chi connectivity index (χ3v) is 4.38. The Labute approximate surface area is 171 Å². The van der Waals surface area contributed by atoms with Crippen LogP contribution in [0.2, 0.25) is 0 Å². The minimum atomic E-state index is -5.08. The summed E-state index contributed by atoms with van der Waals surface area (Å²) in [7, 11) is 0. The summed E-state index contributed by atoms with van der Waals surface area (Å²) in [5, 5.41) is 3.06. The van der Waals surface area contributed by atoms with Crippen LogP contribution in [0.3, 0.4) is 0 Å². The van der Waals surface area contributed by atoms with Gasteiger partial charge in [-0.1, -0.05) is 13.8 Å². The van der Waals surface area contributed by atoms with E-state index in [1.54, 1.807) is 18.7 Å². The van der Waals surface area contributed by atoms with Crippen LogP contribution in [-0.4, -0.2) is 31.1 Å². The van der Waals surface area contributed by atoms with E-state index < -0.39 is 40.9 Å². The lowest BCUT2D eigenvalue weighted by Crippen LogP contribution is -2.46. The third kappa shape index (κ3) is 6.64. The molecular formula is C17H23Cl2F7N2. The fourth-order valence-electron chi connectivity index (χ4n) is 3.24. The van der Waals surface area contributed by atoms with Gasteiger partial charge in [-0.3, -0.25) is 4.90 Å². The second kappa shape index (κ2) is 10.3. The fourth-order valence-corrected chi connectivity index (χ4v) is 3.24. The minimum Gasteiger partial charge on any atom is -0.314 e. The minimum absolute atomic E-state index is 0. The number of hydrogen-bond acceptors (Lipinski definition) is 2. The van der Waals surface area contributed by atoms with E-state index in [-0.39, 0.29) is 49.3 Å². The van der Waals surface area contributed by atoms with E-state index >= 15 is 0 Å². The molecule has 2 rings (SSSR count). The molecule has 0 bridgehead atoms. The number of benzene rings is 1. The molecular weight excluding hydrogens is 436 g/mol. The lowest BCUT2D eigenvalue weighted by molar-refractivity contribution is -0.144. The Morgan fingerprint density at radius 3 is 1.93 bits per heavy atom. The maximum Gasteiger partial charge on any atom is 0.416 e. The van der Waals surface area contributed by atoms with Crippen molar-refractivity contribution in [3.8, 4) is 0 Å². The van der Waals surface area contributed by atoms with Crippen molar-refractivity contribution in [2.24, 2.45) is 5.92 Å². The number of halogens is 9. The number of nitrogens with zero attached hydrogens (tertiary/aromatic N) is 1. The van der Waals surface area contributed by atoms with Crippen molar-refractivity contribution in [2.75, 3.05) is 26.2 Å². The number of alkyl halides is 6. The smallest absolute Gasteiger partial charge is 0.314 e. The summed E-state index contributed by atoms with van der Waals surface area (Å²) in [6, 6.07) is -0.746. The van der Waals surface area contributed by atoms with Gasteiger partial charge in [0.1, 0.15) is 5.82 Å². The Morgan fingerprint density at radius 1 is 0.964 bits per heavy atom. The Bertz CT molecular complexity index is 627. The van der Waals surface area contributed by atoms with E-state index in [0.717, 1.165) is 0 Å².